The normalized spacial score (nSPS) is 14.8. The zero-order chi connectivity index (χ0) is 18.0. The van der Waals surface area contributed by atoms with E-state index in [4.69, 9.17) is 0 Å². The maximum absolute atomic E-state index is 13.3. The lowest BCUT2D eigenvalue weighted by atomic mass is 10.2. The number of anilines is 2. The van der Waals surface area contributed by atoms with Crippen molar-refractivity contribution >= 4 is 17.7 Å². The SMILES string of the molecule is CN(C)c1ccnc(N2CCN(Cc3ccc(F)c(F)c3)C(=O)C2)n1. The van der Waals surface area contributed by atoms with Crippen molar-refractivity contribution in [1.82, 2.24) is 14.9 Å². The van der Waals surface area contributed by atoms with Crippen LogP contribution in [0.5, 0.6) is 0 Å². The van der Waals surface area contributed by atoms with Crippen LogP contribution in [0, 0.1) is 11.6 Å². The van der Waals surface area contributed by atoms with Crippen molar-refractivity contribution in [2.45, 2.75) is 6.54 Å². The molecule has 8 heteroatoms. The maximum Gasteiger partial charge on any atom is 0.242 e. The summed E-state index contributed by atoms with van der Waals surface area (Å²) in [6.45, 7) is 1.45. The van der Waals surface area contributed by atoms with Crippen LogP contribution in [0.1, 0.15) is 5.56 Å². The summed E-state index contributed by atoms with van der Waals surface area (Å²) in [7, 11) is 3.77. The second kappa shape index (κ2) is 7.00. The minimum atomic E-state index is -0.905. The molecule has 1 aliphatic rings. The van der Waals surface area contributed by atoms with E-state index in [2.05, 4.69) is 9.97 Å². The molecule has 1 aromatic heterocycles. The van der Waals surface area contributed by atoms with Gasteiger partial charge >= 0.3 is 0 Å². The van der Waals surface area contributed by atoms with Gasteiger partial charge in [-0.1, -0.05) is 6.07 Å². The fourth-order valence-corrected chi connectivity index (χ4v) is 2.65. The number of amides is 1. The smallest absolute Gasteiger partial charge is 0.242 e. The van der Waals surface area contributed by atoms with Gasteiger partial charge in [-0.25, -0.2) is 13.8 Å². The van der Waals surface area contributed by atoms with Crippen LogP contribution in [0.2, 0.25) is 0 Å². The topological polar surface area (TPSA) is 52.6 Å². The molecule has 0 spiro atoms. The molecule has 132 valence electrons. The zero-order valence-electron chi connectivity index (χ0n) is 14.1. The van der Waals surface area contributed by atoms with E-state index in [0.29, 0.717) is 24.6 Å². The molecule has 1 aromatic carbocycles. The van der Waals surface area contributed by atoms with E-state index >= 15 is 0 Å². The Morgan fingerprint density at radius 3 is 2.64 bits per heavy atom. The standard InChI is InChI=1S/C17H19F2N5O/c1-22(2)15-5-6-20-17(21-15)24-8-7-23(16(25)11-24)10-12-3-4-13(18)14(19)9-12/h3-6,9H,7-8,10-11H2,1-2H3. The average Bonchev–Trinajstić information content (AvgIpc) is 2.60. The minimum Gasteiger partial charge on any atom is -0.363 e. The predicted molar refractivity (Wildman–Crippen MR) is 90.3 cm³/mol. The molecule has 0 N–H and O–H groups in total. The number of aromatic nitrogens is 2. The van der Waals surface area contributed by atoms with E-state index in [1.54, 1.807) is 17.2 Å². The Balaban J connectivity index is 1.67. The summed E-state index contributed by atoms with van der Waals surface area (Å²) >= 11 is 0. The monoisotopic (exact) mass is 347 g/mol. The average molecular weight is 347 g/mol. The van der Waals surface area contributed by atoms with Crippen molar-refractivity contribution in [2.24, 2.45) is 0 Å². The Kier molecular flexibility index (Phi) is 4.78. The molecule has 0 unspecified atom stereocenters. The van der Waals surface area contributed by atoms with Gasteiger partial charge in [-0.3, -0.25) is 4.79 Å². The molecular weight excluding hydrogens is 328 g/mol. The largest absolute Gasteiger partial charge is 0.363 e. The first-order valence-corrected chi connectivity index (χ1v) is 7.91. The van der Waals surface area contributed by atoms with E-state index in [1.165, 1.54) is 6.07 Å². The molecular formula is C17H19F2N5O. The first-order chi connectivity index (χ1) is 11.9. The first-order valence-electron chi connectivity index (χ1n) is 7.91. The lowest BCUT2D eigenvalue weighted by Crippen LogP contribution is -2.50. The Morgan fingerprint density at radius 2 is 1.96 bits per heavy atom. The van der Waals surface area contributed by atoms with Gasteiger partial charge in [0.15, 0.2) is 11.6 Å². The third kappa shape index (κ3) is 3.84. The van der Waals surface area contributed by atoms with Gasteiger partial charge in [0.1, 0.15) is 12.4 Å². The molecule has 2 heterocycles. The summed E-state index contributed by atoms with van der Waals surface area (Å²) in [4.78, 5) is 26.4. The van der Waals surface area contributed by atoms with Crippen molar-refractivity contribution in [1.29, 1.82) is 0 Å². The Bertz CT molecular complexity index is 783. The molecule has 0 aliphatic carbocycles. The molecule has 1 aliphatic heterocycles. The highest BCUT2D eigenvalue weighted by molar-refractivity contribution is 5.82. The molecule has 6 nitrogen and oxygen atoms in total. The third-order valence-corrected chi connectivity index (χ3v) is 4.05. The molecule has 1 amide bonds. The van der Waals surface area contributed by atoms with Gasteiger partial charge in [0.05, 0.1) is 0 Å². The van der Waals surface area contributed by atoms with Gasteiger partial charge in [-0.15, -0.1) is 0 Å². The Labute approximate surface area is 144 Å². The van der Waals surface area contributed by atoms with E-state index in [0.717, 1.165) is 18.0 Å². The van der Waals surface area contributed by atoms with Crippen LogP contribution < -0.4 is 9.80 Å². The third-order valence-electron chi connectivity index (χ3n) is 4.05. The van der Waals surface area contributed by atoms with Gasteiger partial charge in [0.2, 0.25) is 11.9 Å². The molecule has 0 bridgehead atoms. The summed E-state index contributed by atoms with van der Waals surface area (Å²) < 4.78 is 26.3. The summed E-state index contributed by atoms with van der Waals surface area (Å²) in [6.07, 6.45) is 1.66. The van der Waals surface area contributed by atoms with Crippen LogP contribution in [0.4, 0.5) is 20.5 Å². The molecule has 1 fully saturated rings. The number of carbonyl (C=O) groups is 1. The molecule has 0 atom stereocenters. The van der Waals surface area contributed by atoms with Gasteiger partial charge in [-0.05, 0) is 23.8 Å². The lowest BCUT2D eigenvalue weighted by molar-refractivity contribution is -0.131. The van der Waals surface area contributed by atoms with Crippen molar-refractivity contribution in [3.8, 4) is 0 Å². The molecule has 0 saturated carbocycles. The molecule has 0 radical (unpaired) electrons. The number of halogens is 2. The second-order valence-electron chi connectivity index (χ2n) is 6.09. The van der Waals surface area contributed by atoms with Gasteiger partial charge in [-0.2, -0.15) is 4.98 Å². The zero-order valence-corrected chi connectivity index (χ0v) is 14.1. The molecule has 1 saturated heterocycles. The summed E-state index contributed by atoms with van der Waals surface area (Å²) in [5.41, 5.74) is 0.562. The summed E-state index contributed by atoms with van der Waals surface area (Å²) in [5, 5.41) is 0. The predicted octanol–water partition coefficient (Wildman–Crippen LogP) is 1.67. The van der Waals surface area contributed by atoms with Crippen molar-refractivity contribution in [3.05, 3.63) is 47.7 Å². The number of hydrogen-bond acceptors (Lipinski definition) is 5. The van der Waals surface area contributed by atoms with Crippen LogP contribution >= 0.6 is 0 Å². The minimum absolute atomic E-state index is 0.102. The number of piperazine rings is 1. The van der Waals surface area contributed by atoms with Gasteiger partial charge in [0, 0.05) is 39.9 Å². The van der Waals surface area contributed by atoms with E-state index in [1.807, 2.05) is 23.9 Å². The fourth-order valence-electron chi connectivity index (χ4n) is 2.65. The van der Waals surface area contributed by atoms with Crippen molar-refractivity contribution < 1.29 is 13.6 Å². The van der Waals surface area contributed by atoms with Gasteiger partial charge < -0.3 is 14.7 Å². The highest BCUT2D eigenvalue weighted by atomic mass is 19.2. The first kappa shape index (κ1) is 17.1. The maximum atomic E-state index is 13.3. The molecule has 25 heavy (non-hydrogen) atoms. The van der Waals surface area contributed by atoms with Gasteiger partial charge in [0.25, 0.3) is 0 Å². The van der Waals surface area contributed by atoms with E-state index in [9.17, 15) is 13.6 Å². The number of hydrogen-bond donors (Lipinski definition) is 0. The highest BCUT2D eigenvalue weighted by Crippen LogP contribution is 2.17. The van der Waals surface area contributed by atoms with Crippen molar-refractivity contribution in [3.63, 3.8) is 0 Å². The second-order valence-corrected chi connectivity index (χ2v) is 6.09. The summed E-state index contributed by atoms with van der Waals surface area (Å²) in [5.74, 6) is -0.626. The van der Waals surface area contributed by atoms with E-state index < -0.39 is 11.6 Å². The number of nitrogens with zero attached hydrogens (tertiary/aromatic N) is 5. The van der Waals surface area contributed by atoms with Crippen LogP contribution in [0.15, 0.2) is 30.5 Å². The van der Waals surface area contributed by atoms with E-state index in [-0.39, 0.29) is 19.0 Å². The molecule has 2 aromatic rings. The van der Waals surface area contributed by atoms with Crippen LogP contribution in [0.3, 0.4) is 0 Å². The van der Waals surface area contributed by atoms with Crippen LogP contribution in [-0.4, -0.2) is 54.5 Å². The van der Waals surface area contributed by atoms with Crippen molar-refractivity contribution in [2.75, 3.05) is 43.5 Å². The number of benzene rings is 1. The number of carbonyl (C=O) groups excluding carboxylic acids is 1. The van der Waals surface area contributed by atoms with Crippen LogP contribution in [0.25, 0.3) is 0 Å². The Hall–Kier alpha value is -2.77. The van der Waals surface area contributed by atoms with Crippen LogP contribution in [-0.2, 0) is 11.3 Å². The lowest BCUT2D eigenvalue weighted by Gasteiger charge is -2.34. The number of rotatable bonds is 4. The highest BCUT2D eigenvalue weighted by Gasteiger charge is 2.26. The quantitative estimate of drug-likeness (QED) is 0.842. The molecule has 3 rings (SSSR count). The fraction of sp³-hybridized carbons (Fsp3) is 0.353. The Morgan fingerprint density at radius 1 is 1.16 bits per heavy atom. The summed E-state index contributed by atoms with van der Waals surface area (Å²) in [6, 6.07) is 5.48.